The molecule has 0 saturated carbocycles. The van der Waals surface area contributed by atoms with Crippen LogP contribution in [0, 0.1) is 0 Å². The largest absolute Gasteiger partial charge is 0.471 e. The third kappa shape index (κ3) is 4.22. The molecular formula is C10H14F3NO2. The summed E-state index contributed by atoms with van der Waals surface area (Å²) >= 11 is 0. The average Bonchev–Trinajstić information content (AvgIpc) is 2.12. The summed E-state index contributed by atoms with van der Waals surface area (Å²) in [4.78, 5) is 10.7. The van der Waals surface area contributed by atoms with E-state index in [-0.39, 0.29) is 0 Å². The Labute approximate surface area is 91.3 Å². The van der Waals surface area contributed by atoms with Gasteiger partial charge in [0.2, 0.25) is 0 Å². The zero-order chi connectivity index (χ0) is 12.2. The van der Waals surface area contributed by atoms with Crippen molar-refractivity contribution in [2.24, 2.45) is 0 Å². The molecule has 2 unspecified atom stereocenters. The fourth-order valence-electron chi connectivity index (χ4n) is 1.59. The molecule has 92 valence electrons. The maximum atomic E-state index is 12.0. The first-order chi connectivity index (χ1) is 7.39. The Kier molecular flexibility index (Phi) is 4.35. The van der Waals surface area contributed by atoms with Gasteiger partial charge in [0, 0.05) is 6.04 Å². The van der Waals surface area contributed by atoms with Crippen molar-refractivity contribution in [3.8, 4) is 0 Å². The van der Waals surface area contributed by atoms with Gasteiger partial charge in [-0.15, -0.1) is 0 Å². The zero-order valence-corrected chi connectivity index (χ0v) is 8.63. The Morgan fingerprint density at radius 3 is 2.69 bits per heavy atom. The van der Waals surface area contributed by atoms with Crippen molar-refractivity contribution in [2.45, 2.75) is 44.0 Å². The minimum Gasteiger partial charge on any atom is -0.389 e. The minimum absolute atomic E-state index is 0.318. The lowest BCUT2D eigenvalue weighted by molar-refractivity contribution is -0.174. The predicted octanol–water partition coefficient (Wildman–Crippen LogP) is 1.52. The summed E-state index contributed by atoms with van der Waals surface area (Å²) in [5, 5.41) is 11.2. The van der Waals surface area contributed by atoms with Crippen molar-refractivity contribution in [3.63, 3.8) is 0 Å². The number of alkyl halides is 3. The maximum Gasteiger partial charge on any atom is 0.471 e. The van der Waals surface area contributed by atoms with Crippen LogP contribution in [-0.4, -0.2) is 29.3 Å². The summed E-state index contributed by atoms with van der Waals surface area (Å²) in [5.74, 6) is -1.90. The number of halogens is 3. The zero-order valence-electron chi connectivity index (χ0n) is 8.63. The summed E-state index contributed by atoms with van der Waals surface area (Å²) in [6.45, 7) is 0. The minimum atomic E-state index is -4.83. The SMILES string of the molecule is O=C(NC1C/C=C/C(O)CCC1)C(F)(F)F. The molecule has 0 aliphatic heterocycles. The molecule has 2 atom stereocenters. The van der Waals surface area contributed by atoms with Gasteiger partial charge >= 0.3 is 12.1 Å². The molecule has 0 spiro atoms. The van der Waals surface area contributed by atoms with Crippen molar-refractivity contribution in [1.82, 2.24) is 5.32 Å². The summed E-state index contributed by atoms with van der Waals surface area (Å²) in [6, 6.07) is -0.502. The lowest BCUT2D eigenvalue weighted by Gasteiger charge is -2.20. The number of aliphatic hydroxyl groups is 1. The van der Waals surface area contributed by atoms with Crippen LogP contribution in [0.5, 0.6) is 0 Å². The molecule has 0 aromatic rings. The molecule has 16 heavy (non-hydrogen) atoms. The number of hydrogen-bond acceptors (Lipinski definition) is 2. The quantitative estimate of drug-likeness (QED) is 0.679. The van der Waals surface area contributed by atoms with E-state index in [1.54, 1.807) is 12.2 Å². The summed E-state index contributed by atoms with van der Waals surface area (Å²) < 4.78 is 35.9. The highest BCUT2D eigenvalue weighted by molar-refractivity contribution is 5.81. The van der Waals surface area contributed by atoms with Crippen molar-refractivity contribution < 1.29 is 23.1 Å². The Morgan fingerprint density at radius 1 is 1.38 bits per heavy atom. The van der Waals surface area contributed by atoms with Crippen molar-refractivity contribution >= 4 is 5.91 Å². The monoisotopic (exact) mass is 237 g/mol. The molecule has 1 amide bonds. The van der Waals surface area contributed by atoms with Crippen molar-refractivity contribution in [2.75, 3.05) is 0 Å². The smallest absolute Gasteiger partial charge is 0.389 e. The highest BCUT2D eigenvalue weighted by atomic mass is 19.4. The summed E-state index contributed by atoms with van der Waals surface area (Å²) in [5.41, 5.74) is 0. The second-order valence-electron chi connectivity index (χ2n) is 3.83. The van der Waals surface area contributed by atoms with E-state index in [2.05, 4.69) is 0 Å². The number of carbonyl (C=O) groups is 1. The van der Waals surface area contributed by atoms with Gasteiger partial charge in [0.1, 0.15) is 0 Å². The first-order valence-corrected chi connectivity index (χ1v) is 5.12. The second kappa shape index (κ2) is 5.34. The van der Waals surface area contributed by atoms with Crippen molar-refractivity contribution in [1.29, 1.82) is 0 Å². The molecule has 0 radical (unpaired) electrons. The molecule has 3 nitrogen and oxygen atoms in total. The number of rotatable bonds is 1. The van der Waals surface area contributed by atoms with E-state index in [1.165, 1.54) is 0 Å². The highest BCUT2D eigenvalue weighted by Crippen LogP contribution is 2.17. The van der Waals surface area contributed by atoms with E-state index in [0.29, 0.717) is 25.7 Å². The first-order valence-electron chi connectivity index (χ1n) is 5.12. The molecule has 0 fully saturated rings. The van der Waals surface area contributed by atoms with Crippen LogP contribution in [0.25, 0.3) is 0 Å². The number of nitrogens with one attached hydrogen (secondary N) is 1. The number of aliphatic hydroxyl groups excluding tert-OH is 1. The van der Waals surface area contributed by atoms with Gasteiger partial charge in [0.15, 0.2) is 0 Å². The van der Waals surface area contributed by atoms with Gasteiger partial charge in [0.25, 0.3) is 0 Å². The Hall–Kier alpha value is -1.04. The molecule has 6 heteroatoms. The first kappa shape index (κ1) is 13.0. The van der Waals surface area contributed by atoms with E-state index in [9.17, 15) is 23.1 Å². The summed E-state index contributed by atoms with van der Waals surface area (Å²) in [6.07, 6.45) is -0.340. The molecule has 2 N–H and O–H groups in total. The standard InChI is InChI=1S/C10H14F3NO2/c11-10(12,13)9(16)14-7-3-1-5-8(15)6-2-4-7/h1,5,7-8,15H,2-4,6H2,(H,14,16)/b5-1+. The molecule has 0 aromatic heterocycles. The van der Waals surface area contributed by atoms with Gasteiger partial charge in [-0.25, -0.2) is 0 Å². The van der Waals surface area contributed by atoms with Crippen LogP contribution in [0.15, 0.2) is 12.2 Å². The number of hydrogen-bond donors (Lipinski definition) is 2. The predicted molar refractivity (Wildman–Crippen MR) is 51.6 cm³/mol. The van der Waals surface area contributed by atoms with Crippen LogP contribution in [-0.2, 0) is 4.79 Å². The fraction of sp³-hybridized carbons (Fsp3) is 0.700. The molecule has 0 aromatic carbocycles. The maximum absolute atomic E-state index is 12.0. The van der Waals surface area contributed by atoms with Gasteiger partial charge in [-0.1, -0.05) is 12.2 Å². The Bertz CT molecular complexity index is 276. The molecule has 1 aliphatic carbocycles. The van der Waals surface area contributed by atoms with E-state index in [4.69, 9.17) is 0 Å². The van der Waals surface area contributed by atoms with Crippen LogP contribution in [0.3, 0.4) is 0 Å². The highest BCUT2D eigenvalue weighted by Gasteiger charge is 2.39. The number of amides is 1. The number of carbonyl (C=O) groups excluding carboxylic acids is 1. The van der Waals surface area contributed by atoms with Crippen LogP contribution < -0.4 is 5.32 Å². The summed E-state index contributed by atoms with van der Waals surface area (Å²) in [7, 11) is 0. The lowest BCUT2D eigenvalue weighted by atomic mass is 10.00. The topological polar surface area (TPSA) is 49.3 Å². The van der Waals surface area contributed by atoms with Crippen LogP contribution in [0.1, 0.15) is 25.7 Å². The molecular weight excluding hydrogens is 223 g/mol. The molecule has 1 rings (SSSR count). The third-order valence-corrected chi connectivity index (χ3v) is 2.42. The van der Waals surface area contributed by atoms with Crippen LogP contribution >= 0.6 is 0 Å². The molecule has 1 aliphatic rings. The Balaban J connectivity index is 2.48. The molecule has 0 bridgehead atoms. The van der Waals surface area contributed by atoms with E-state index >= 15 is 0 Å². The van der Waals surface area contributed by atoms with E-state index < -0.39 is 24.2 Å². The van der Waals surface area contributed by atoms with Crippen LogP contribution in [0.2, 0.25) is 0 Å². The van der Waals surface area contributed by atoms with Gasteiger partial charge in [0.05, 0.1) is 6.10 Å². The van der Waals surface area contributed by atoms with Gasteiger partial charge in [-0.05, 0) is 25.7 Å². The van der Waals surface area contributed by atoms with Crippen molar-refractivity contribution in [3.05, 3.63) is 12.2 Å². The normalized spacial score (nSPS) is 29.0. The average molecular weight is 237 g/mol. The van der Waals surface area contributed by atoms with E-state index in [0.717, 1.165) is 0 Å². The van der Waals surface area contributed by atoms with Crippen LogP contribution in [0.4, 0.5) is 13.2 Å². The lowest BCUT2D eigenvalue weighted by Crippen LogP contribution is -2.43. The van der Waals surface area contributed by atoms with Gasteiger partial charge in [-0.2, -0.15) is 13.2 Å². The van der Waals surface area contributed by atoms with E-state index in [1.807, 2.05) is 5.32 Å². The molecule has 0 saturated heterocycles. The second-order valence-corrected chi connectivity index (χ2v) is 3.83. The third-order valence-electron chi connectivity index (χ3n) is 2.42. The van der Waals surface area contributed by atoms with Gasteiger partial charge < -0.3 is 10.4 Å². The fourth-order valence-corrected chi connectivity index (χ4v) is 1.59. The Morgan fingerprint density at radius 2 is 2.06 bits per heavy atom. The van der Waals surface area contributed by atoms with Gasteiger partial charge in [-0.3, -0.25) is 4.79 Å². The molecule has 0 heterocycles.